The first-order valence-corrected chi connectivity index (χ1v) is 5.45. The molecule has 3 N–H and O–H groups in total. The number of benzene rings is 1. The van der Waals surface area contributed by atoms with E-state index in [0.29, 0.717) is 18.1 Å². The molecule has 0 aliphatic carbocycles. The minimum absolute atomic E-state index is 0.0895. The monoisotopic (exact) mass is 253 g/mol. The predicted molar refractivity (Wildman–Crippen MR) is 63.9 cm³/mol. The molecule has 0 saturated carbocycles. The van der Waals surface area contributed by atoms with E-state index in [4.69, 9.17) is 20.3 Å². The SMILES string of the molecule is CCOc1cc(C(=O)O)ccc1OCCC(N)=O. The number of amides is 1. The number of carbonyl (C=O) groups excluding carboxylic acids is 1. The van der Waals surface area contributed by atoms with Crippen molar-refractivity contribution in [3.8, 4) is 11.5 Å². The molecule has 1 rings (SSSR count). The minimum atomic E-state index is -1.04. The zero-order chi connectivity index (χ0) is 13.5. The van der Waals surface area contributed by atoms with Gasteiger partial charge in [-0.05, 0) is 25.1 Å². The number of primary amides is 1. The van der Waals surface area contributed by atoms with Crippen LogP contribution < -0.4 is 15.2 Å². The van der Waals surface area contributed by atoms with Gasteiger partial charge >= 0.3 is 5.97 Å². The number of nitrogens with two attached hydrogens (primary N) is 1. The highest BCUT2D eigenvalue weighted by Crippen LogP contribution is 2.28. The van der Waals surface area contributed by atoms with Crippen LogP contribution in [0.15, 0.2) is 18.2 Å². The van der Waals surface area contributed by atoms with E-state index in [1.807, 2.05) is 0 Å². The van der Waals surface area contributed by atoms with Crippen LogP contribution in [0, 0.1) is 0 Å². The summed E-state index contributed by atoms with van der Waals surface area (Å²) in [6.45, 7) is 2.29. The second-order valence-corrected chi connectivity index (χ2v) is 3.46. The van der Waals surface area contributed by atoms with Crippen molar-refractivity contribution in [2.24, 2.45) is 5.73 Å². The van der Waals surface area contributed by atoms with Crippen LogP contribution in [0.3, 0.4) is 0 Å². The Bertz CT molecular complexity index is 444. The Morgan fingerprint density at radius 2 is 2.00 bits per heavy atom. The van der Waals surface area contributed by atoms with Crippen LogP contribution in [0.25, 0.3) is 0 Å². The highest BCUT2D eigenvalue weighted by Gasteiger charge is 2.10. The van der Waals surface area contributed by atoms with Gasteiger partial charge in [-0.2, -0.15) is 0 Å². The maximum Gasteiger partial charge on any atom is 0.335 e. The molecule has 1 aromatic rings. The summed E-state index contributed by atoms with van der Waals surface area (Å²) >= 11 is 0. The molecule has 1 amide bonds. The minimum Gasteiger partial charge on any atom is -0.490 e. The molecule has 0 aliphatic rings. The Morgan fingerprint density at radius 1 is 1.28 bits per heavy atom. The number of carbonyl (C=O) groups is 2. The molecule has 0 saturated heterocycles. The third kappa shape index (κ3) is 3.97. The molecule has 6 nitrogen and oxygen atoms in total. The van der Waals surface area contributed by atoms with E-state index < -0.39 is 11.9 Å². The van der Waals surface area contributed by atoms with Gasteiger partial charge in [0.25, 0.3) is 0 Å². The lowest BCUT2D eigenvalue weighted by atomic mass is 10.2. The number of ether oxygens (including phenoxy) is 2. The Labute approximate surface area is 104 Å². The second kappa shape index (κ2) is 6.48. The summed E-state index contributed by atoms with van der Waals surface area (Å²) in [5.41, 5.74) is 5.10. The van der Waals surface area contributed by atoms with Crippen molar-refractivity contribution in [2.75, 3.05) is 13.2 Å². The molecule has 0 unspecified atom stereocenters. The number of hydrogen-bond donors (Lipinski definition) is 2. The molecule has 0 aliphatic heterocycles. The third-order valence-electron chi connectivity index (χ3n) is 2.10. The topological polar surface area (TPSA) is 98.8 Å². The van der Waals surface area contributed by atoms with Crippen molar-refractivity contribution in [1.82, 2.24) is 0 Å². The fourth-order valence-electron chi connectivity index (χ4n) is 1.29. The van der Waals surface area contributed by atoms with E-state index in [1.54, 1.807) is 6.92 Å². The summed E-state index contributed by atoms with van der Waals surface area (Å²) < 4.78 is 10.6. The average molecular weight is 253 g/mol. The molecule has 98 valence electrons. The number of aromatic carboxylic acids is 1. The fraction of sp³-hybridized carbons (Fsp3) is 0.333. The first-order valence-electron chi connectivity index (χ1n) is 5.45. The molecular formula is C12H15NO5. The summed E-state index contributed by atoms with van der Waals surface area (Å²) in [5, 5.41) is 8.86. The van der Waals surface area contributed by atoms with E-state index >= 15 is 0 Å². The molecule has 0 fully saturated rings. The third-order valence-corrected chi connectivity index (χ3v) is 2.10. The van der Waals surface area contributed by atoms with Crippen LogP contribution in [-0.4, -0.2) is 30.2 Å². The average Bonchev–Trinajstić information content (AvgIpc) is 2.30. The van der Waals surface area contributed by atoms with Gasteiger partial charge < -0.3 is 20.3 Å². The maximum absolute atomic E-state index is 10.8. The van der Waals surface area contributed by atoms with Gasteiger partial charge in [0.2, 0.25) is 5.91 Å². The van der Waals surface area contributed by atoms with Gasteiger partial charge in [-0.15, -0.1) is 0 Å². The molecule has 6 heteroatoms. The van der Waals surface area contributed by atoms with Crippen molar-refractivity contribution >= 4 is 11.9 Å². The Balaban J connectivity index is 2.82. The van der Waals surface area contributed by atoms with E-state index in [-0.39, 0.29) is 18.6 Å². The van der Waals surface area contributed by atoms with Crippen molar-refractivity contribution in [2.45, 2.75) is 13.3 Å². The van der Waals surface area contributed by atoms with Gasteiger partial charge in [0, 0.05) is 0 Å². The van der Waals surface area contributed by atoms with Crippen molar-refractivity contribution in [3.63, 3.8) is 0 Å². The summed E-state index contributed by atoms with van der Waals surface area (Å²) in [5.74, 6) is -0.778. The van der Waals surface area contributed by atoms with Crippen molar-refractivity contribution in [3.05, 3.63) is 23.8 Å². The molecule has 18 heavy (non-hydrogen) atoms. The number of rotatable bonds is 7. The van der Waals surface area contributed by atoms with Gasteiger partial charge in [0.05, 0.1) is 25.2 Å². The molecule has 0 radical (unpaired) electrons. The summed E-state index contributed by atoms with van der Waals surface area (Å²) in [4.78, 5) is 21.4. The molecule has 0 spiro atoms. The normalized spacial score (nSPS) is 9.83. The van der Waals surface area contributed by atoms with E-state index in [9.17, 15) is 9.59 Å². The van der Waals surface area contributed by atoms with E-state index in [0.717, 1.165) is 0 Å². The fourth-order valence-corrected chi connectivity index (χ4v) is 1.29. The highest BCUT2D eigenvalue weighted by molar-refractivity contribution is 5.88. The predicted octanol–water partition coefficient (Wildman–Crippen LogP) is 1.04. The van der Waals surface area contributed by atoms with Crippen molar-refractivity contribution < 1.29 is 24.2 Å². The Morgan fingerprint density at radius 3 is 2.56 bits per heavy atom. The lowest BCUT2D eigenvalue weighted by Gasteiger charge is -2.11. The smallest absolute Gasteiger partial charge is 0.335 e. The first kappa shape index (κ1) is 13.8. The summed E-state index contributed by atoms with van der Waals surface area (Å²) in [6.07, 6.45) is 0.0895. The Hall–Kier alpha value is -2.24. The standard InChI is InChI=1S/C12H15NO5/c1-2-17-10-7-8(12(15)16)3-4-9(10)18-6-5-11(13)14/h3-4,7H,2,5-6H2,1H3,(H2,13,14)(H,15,16). The second-order valence-electron chi connectivity index (χ2n) is 3.46. The molecule has 0 atom stereocenters. The van der Waals surface area contributed by atoms with Crippen LogP contribution >= 0.6 is 0 Å². The number of carboxylic acid groups (broad SMARTS) is 1. The zero-order valence-electron chi connectivity index (χ0n) is 10.0. The summed E-state index contributed by atoms with van der Waals surface area (Å²) in [6, 6.07) is 4.28. The maximum atomic E-state index is 10.8. The molecule has 0 heterocycles. The number of carboxylic acids is 1. The first-order chi connectivity index (χ1) is 8.54. The largest absolute Gasteiger partial charge is 0.490 e. The van der Waals surface area contributed by atoms with Crippen LogP contribution in [0.2, 0.25) is 0 Å². The lowest BCUT2D eigenvalue weighted by Crippen LogP contribution is -2.15. The van der Waals surface area contributed by atoms with Crippen molar-refractivity contribution in [1.29, 1.82) is 0 Å². The van der Waals surface area contributed by atoms with Crippen LogP contribution in [0.1, 0.15) is 23.7 Å². The van der Waals surface area contributed by atoms with Gasteiger partial charge in [0.1, 0.15) is 0 Å². The van der Waals surface area contributed by atoms with Crippen LogP contribution in [0.4, 0.5) is 0 Å². The van der Waals surface area contributed by atoms with E-state index in [1.165, 1.54) is 18.2 Å². The molecule has 0 bridgehead atoms. The van der Waals surface area contributed by atoms with Crippen LogP contribution in [0.5, 0.6) is 11.5 Å². The highest BCUT2D eigenvalue weighted by atomic mass is 16.5. The van der Waals surface area contributed by atoms with Gasteiger partial charge in [-0.25, -0.2) is 4.79 Å². The van der Waals surface area contributed by atoms with Gasteiger partial charge in [-0.1, -0.05) is 0 Å². The van der Waals surface area contributed by atoms with E-state index in [2.05, 4.69) is 0 Å². The molecule has 1 aromatic carbocycles. The molecule has 0 aromatic heterocycles. The van der Waals surface area contributed by atoms with Crippen LogP contribution in [-0.2, 0) is 4.79 Å². The van der Waals surface area contributed by atoms with Gasteiger partial charge in [0.15, 0.2) is 11.5 Å². The Kier molecular flexibility index (Phi) is 4.98. The number of hydrogen-bond acceptors (Lipinski definition) is 4. The van der Waals surface area contributed by atoms with Gasteiger partial charge in [-0.3, -0.25) is 4.79 Å². The lowest BCUT2D eigenvalue weighted by molar-refractivity contribution is -0.118. The quantitative estimate of drug-likeness (QED) is 0.756. The molecular weight excluding hydrogens is 238 g/mol. The summed E-state index contributed by atoms with van der Waals surface area (Å²) in [7, 11) is 0. The zero-order valence-corrected chi connectivity index (χ0v) is 10.0.